The summed E-state index contributed by atoms with van der Waals surface area (Å²) in [4.78, 5) is 14.4. The van der Waals surface area contributed by atoms with Crippen molar-refractivity contribution in [3.63, 3.8) is 0 Å². The van der Waals surface area contributed by atoms with E-state index >= 15 is 0 Å². The maximum atomic E-state index is 12.4. The van der Waals surface area contributed by atoms with Crippen molar-refractivity contribution >= 4 is 5.91 Å². The molecule has 1 amide bonds. The fraction of sp³-hybridized carbons (Fsp3) is 0.923. The average Bonchev–Trinajstić information content (AvgIpc) is 3.10. The third kappa shape index (κ3) is 2.57. The highest BCUT2D eigenvalue weighted by Crippen LogP contribution is 2.32. The zero-order valence-corrected chi connectivity index (χ0v) is 10.4. The van der Waals surface area contributed by atoms with Gasteiger partial charge in [0.25, 0.3) is 0 Å². The molecule has 2 fully saturated rings. The average molecular weight is 224 g/mol. The predicted molar refractivity (Wildman–Crippen MR) is 65.0 cm³/mol. The van der Waals surface area contributed by atoms with Gasteiger partial charge in [-0.2, -0.15) is 0 Å². The topological polar surface area (TPSA) is 46.3 Å². The minimum Gasteiger partial charge on any atom is -0.341 e. The van der Waals surface area contributed by atoms with E-state index in [1.165, 1.54) is 19.3 Å². The third-order valence-electron chi connectivity index (χ3n) is 4.02. The van der Waals surface area contributed by atoms with Crippen LogP contribution in [0.1, 0.15) is 51.9 Å². The fourth-order valence-electron chi connectivity index (χ4n) is 2.68. The molecule has 0 aromatic rings. The normalized spacial score (nSPS) is 24.1. The van der Waals surface area contributed by atoms with Gasteiger partial charge in [0.15, 0.2) is 0 Å². The molecule has 3 nitrogen and oxygen atoms in total. The lowest BCUT2D eigenvalue weighted by molar-refractivity contribution is -0.138. The van der Waals surface area contributed by atoms with Crippen LogP contribution in [0, 0.1) is 5.92 Å². The molecule has 0 radical (unpaired) electrons. The van der Waals surface area contributed by atoms with Gasteiger partial charge < -0.3 is 10.6 Å². The number of hydrogen-bond acceptors (Lipinski definition) is 2. The zero-order valence-electron chi connectivity index (χ0n) is 10.4. The molecule has 92 valence electrons. The van der Waals surface area contributed by atoms with Crippen LogP contribution < -0.4 is 5.73 Å². The van der Waals surface area contributed by atoms with E-state index in [0.29, 0.717) is 0 Å². The zero-order chi connectivity index (χ0) is 11.6. The molecule has 16 heavy (non-hydrogen) atoms. The van der Waals surface area contributed by atoms with Gasteiger partial charge in [-0.3, -0.25) is 4.79 Å². The highest BCUT2D eigenvalue weighted by atomic mass is 16.2. The quantitative estimate of drug-likeness (QED) is 0.793. The minimum atomic E-state index is -0.539. The van der Waals surface area contributed by atoms with Crippen molar-refractivity contribution in [1.82, 2.24) is 4.90 Å². The van der Waals surface area contributed by atoms with Gasteiger partial charge in [-0.05, 0) is 38.5 Å². The standard InChI is InChI=1S/C13H24N2O/c1-2-15(10-11-6-7-11)12(16)13(14)8-4-3-5-9-13/h11H,2-10,14H2,1H3. The van der Waals surface area contributed by atoms with Gasteiger partial charge >= 0.3 is 0 Å². The second kappa shape index (κ2) is 4.74. The summed E-state index contributed by atoms with van der Waals surface area (Å²) in [5.74, 6) is 0.970. The van der Waals surface area contributed by atoms with E-state index in [4.69, 9.17) is 5.73 Å². The molecule has 3 heteroatoms. The van der Waals surface area contributed by atoms with Gasteiger partial charge in [0.05, 0.1) is 5.54 Å². The van der Waals surface area contributed by atoms with Crippen LogP contribution in [-0.4, -0.2) is 29.4 Å². The summed E-state index contributed by atoms with van der Waals surface area (Å²) in [6.07, 6.45) is 7.82. The SMILES string of the molecule is CCN(CC1CC1)C(=O)C1(N)CCCCC1. The van der Waals surface area contributed by atoms with Crippen molar-refractivity contribution < 1.29 is 4.79 Å². The molecule has 2 aliphatic rings. The minimum absolute atomic E-state index is 0.210. The monoisotopic (exact) mass is 224 g/mol. The van der Waals surface area contributed by atoms with Crippen LogP contribution in [0.15, 0.2) is 0 Å². The Morgan fingerprint density at radius 3 is 2.44 bits per heavy atom. The van der Waals surface area contributed by atoms with Crippen molar-refractivity contribution in [2.24, 2.45) is 11.7 Å². The van der Waals surface area contributed by atoms with E-state index < -0.39 is 5.54 Å². The Bertz CT molecular complexity index is 255. The molecule has 0 bridgehead atoms. The first-order valence-corrected chi connectivity index (χ1v) is 6.74. The van der Waals surface area contributed by atoms with Gasteiger partial charge in [-0.1, -0.05) is 19.3 Å². The molecule has 2 saturated carbocycles. The van der Waals surface area contributed by atoms with Crippen molar-refractivity contribution in [3.05, 3.63) is 0 Å². The second-order valence-electron chi connectivity index (χ2n) is 5.50. The number of carbonyl (C=O) groups is 1. The Morgan fingerprint density at radius 2 is 1.94 bits per heavy atom. The molecular weight excluding hydrogens is 200 g/mol. The molecule has 2 rings (SSSR count). The van der Waals surface area contributed by atoms with Gasteiger partial charge in [0, 0.05) is 13.1 Å². The molecule has 0 aromatic carbocycles. The predicted octanol–water partition coefficient (Wildman–Crippen LogP) is 1.91. The van der Waals surface area contributed by atoms with Crippen LogP contribution >= 0.6 is 0 Å². The number of amides is 1. The Labute approximate surface area is 98.4 Å². The second-order valence-corrected chi connectivity index (χ2v) is 5.50. The van der Waals surface area contributed by atoms with Gasteiger partial charge in [-0.15, -0.1) is 0 Å². The van der Waals surface area contributed by atoms with E-state index in [2.05, 4.69) is 6.92 Å². The summed E-state index contributed by atoms with van der Waals surface area (Å²) >= 11 is 0. The third-order valence-corrected chi connectivity index (χ3v) is 4.02. The Balaban J connectivity index is 1.96. The van der Waals surface area contributed by atoms with E-state index in [1.54, 1.807) is 0 Å². The lowest BCUT2D eigenvalue weighted by atomic mass is 9.81. The van der Waals surface area contributed by atoms with Crippen LogP contribution in [0.2, 0.25) is 0 Å². The first-order chi connectivity index (χ1) is 7.65. The summed E-state index contributed by atoms with van der Waals surface area (Å²) in [7, 11) is 0. The molecule has 0 saturated heterocycles. The molecule has 0 aliphatic heterocycles. The summed E-state index contributed by atoms with van der Waals surface area (Å²) < 4.78 is 0. The largest absolute Gasteiger partial charge is 0.341 e. The van der Waals surface area contributed by atoms with E-state index in [1.807, 2.05) is 4.90 Å². The van der Waals surface area contributed by atoms with Crippen LogP contribution in [0.4, 0.5) is 0 Å². The number of nitrogens with zero attached hydrogens (tertiary/aromatic N) is 1. The maximum absolute atomic E-state index is 12.4. The lowest BCUT2D eigenvalue weighted by Gasteiger charge is -2.36. The molecular formula is C13H24N2O. The first-order valence-electron chi connectivity index (χ1n) is 6.74. The number of carbonyl (C=O) groups excluding carboxylic acids is 1. The van der Waals surface area contributed by atoms with Gasteiger partial charge in [0.1, 0.15) is 0 Å². The number of likely N-dealkylation sites (N-methyl/N-ethyl adjacent to an activating group) is 1. The van der Waals surface area contributed by atoms with Gasteiger partial charge in [0.2, 0.25) is 5.91 Å². The van der Waals surface area contributed by atoms with Crippen molar-refractivity contribution in [2.75, 3.05) is 13.1 Å². The van der Waals surface area contributed by atoms with Crippen LogP contribution in [0.3, 0.4) is 0 Å². The molecule has 0 spiro atoms. The molecule has 0 unspecified atom stereocenters. The van der Waals surface area contributed by atoms with Crippen molar-refractivity contribution in [2.45, 2.75) is 57.4 Å². The van der Waals surface area contributed by atoms with Crippen LogP contribution in [-0.2, 0) is 4.79 Å². The number of hydrogen-bond donors (Lipinski definition) is 1. The van der Waals surface area contributed by atoms with Gasteiger partial charge in [-0.25, -0.2) is 0 Å². The van der Waals surface area contributed by atoms with E-state index in [0.717, 1.165) is 44.7 Å². The summed E-state index contributed by atoms with van der Waals surface area (Å²) in [6.45, 7) is 3.81. The summed E-state index contributed by atoms with van der Waals surface area (Å²) in [5, 5.41) is 0. The molecule has 2 aliphatic carbocycles. The maximum Gasteiger partial charge on any atom is 0.242 e. The van der Waals surface area contributed by atoms with Crippen LogP contribution in [0.25, 0.3) is 0 Å². The fourth-order valence-corrected chi connectivity index (χ4v) is 2.68. The summed E-state index contributed by atoms with van der Waals surface area (Å²) in [5.41, 5.74) is 5.75. The van der Waals surface area contributed by atoms with Crippen LogP contribution in [0.5, 0.6) is 0 Å². The van der Waals surface area contributed by atoms with Crippen molar-refractivity contribution in [1.29, 1.82) is 0 Å². The molecule has 0 aromatic heterocycles. The number of rotatable bonds is 4. The Kier molecular flexibility index (Phi) is 3.53. The highest BCUT2D eigenvalue weighted by molar-refractivity contribution is 5.86. The van der Waals surface area contributed by atoms with E-state index in [-0.39, 0.29) is 5.91 Å². The van der Waals surface area contributed by atoms with E-state index in [9.17, 15) is 4.79 Å². The first kappa shape index (κ1) is 11.9. The molecule has 0 heterocycles. The number of nitrogens with two attached hydrogens (primary N) is 1. The molecule has 2 N–H and O–H groups in total. The van der Waals surface area contributed by atoms with Crippen molar-refractivity contribution in [3.8, 4) is 0 Å². The lowest BCUT2D eigenvalue weighted by Crippen LogP contribution is -2.56. The Hall–Kier alpha value is -0.570. The molecule has 0 atom stereocenters. The highest BCUT2D eigenvalue weighted by Gasteiger charge is 2.39. The Morgan fingerprint density at radius 1 is 1.31 bits per heavy atom. The summed E-state index contributed by atoms with van der Waals surface area (Å²) in [6, 6.07) is 0. The smallest absolute Gasteiger partial charge is 0.242 e.